The Labute approximate surface area is 184 Å². The third-order valence-electron chi connectivity index (χ3n) is 4.60. The lowest BCUT2D eigenvalue weighted by atomic mass is 9.80. The molecule has 162 valence electrons. The van der Waals surface area contributed by atoms with Crippen molar-refractivity contribution in [2.45, 2.75) is 11.4 Å². The Morgan fingerprint density at radius 1 is 1.19 bits per heavy atom. The number of hydrogen-bond donors (Lipinski definition) is 5. The number of rotatable bonds is 7. The predicted molar refractivity (Wildman–Crippen MR) is 117 cm³/mol. The zero-order chi connectivity index (χ0) is 22.8. The van der Waals surface area contributed by atoms with Crippen LogP contribution in [-0.4, -0.2) is 52.2 Å². The molecule has 0 fully saturated rings. The summed E-state index contributed by atoms with van der Waals surface area (Å²) in [6, 6.07) is 11.6. The van der Waals surface area contributed by atoms with E-state index in [0.29, 0.717) is 26.8 Å². The van der Waals surface area contributed by atoms with Gasteiger partial charge in [-0.3, -0.25) is 4.79 Å². The van der Waals surface area contributed by atoms with Crippen molar-refractivity contribution in [2.75, 3.05) is 5.32 Å². The third kappa shape index (κ3) is 4.20. The highest BCUT2D eigenvalue weighted by atomic mass is 32.2. The number of nitrogens with one attached hydrogen (secondary N) is 1. The van der Waals surface area contributed by atoms with Gasteiger partial charge in [-0.05, 0) is 23.2 Å². The fraction of sp³-hybridized carbons (Fsp3) is 0.0556. The second kappa shape index (κ2) is 8.80. The summed E-state index contributed by atoms with van der Waals surface area (Å²) in [6.07, 6.45) is 1.49. The molecule has 0 saturated carbocycles. The van der Waals surface area contributed by atoms with Gasteiger partial charge in [0.05, 0.1) is 16.6 Å². The van der Waals surface area contributed by atoms with Crippen LogP contribution in [0.15, 0.2) is 53.6 Å². The summed E-state index contributed by atoms with van der Waals surface area (Å²) in [5, 5.41) is 39.8. The van der Waals surface area contributed by atoms with Gasteiger partial charge in [0, 0.05) is 11.9 Å². The third-order valence-corrected chi connectivity index (χ3v) is 5.39. The fourth-order valence-corrected chi connectivity index (χ4v) is 3.69. The number of nitrogens with zero attached hydrogens (tertiary/aromatic N) is 5. The van der Waals surface area contributed by atoms with Crippen molar-refractivity contribution in [3.8, 4) is 5.95 Å². The number of anilines is 1. The fourth-order valence-electron chi connectivity index (χ4n) is 3.11. The van der Waals surface area contributed by atoms with E-state index in [9.17, 15) is 19.1 Å². The van der Waals surface area contributed by atoms with Crippen LogP contribution in [0.4, 0.5) is 5.82 Å². The minimum atomic E-state index is -1.71. The van der Waals surface area contributed by atoms with Crippen LogP contribution in [0.2, 0.25) is 0 Å². The maximum absolute atomic E-state index is 11.8. The molecule has 7 N–H and O–H groups in total. The molecule has 4 rings (SSSR count). The van der Waals surface area contributed by atoms with Crippen molar-refractivity contribution in [1.29, 1.82) is 0 Å². The van der Waals surface area contributed by atoms with Crippen LogP contribution in [0.3, 0.4) is 0 Å². The van der Waals surface area contributed by atoms with E-state index in [2.05, 4.69) is 25.6 Å². The molecule has 2 aromatic heterocycles. The van der Waals surface area contributed by atoms with Gasteiger partial charge in [0.25, 0.3) is 11.9 Å². The summed E-state index contributed by atoms with van der Waals surface area (Å²) in [7, 11) is -3.32. The van der Waals surface area contributed by atoms with Crippen molar-refractivity contribution in [3.63, 3.8) is 0 Å². The van der Waals surface area contributed by atoms with Gasteiger partial charge in [-0.1, -0.05) is 30.3 Å². The summed E-state index contributed by atoms with van der Waals surface area (Å²) >= 11 is 0. The van der Waals surface area contributed by atoms with Gasteiger partial charge in [0.2, 0.25) is 0 Å². The number of primary amides is 1. The second-order valence-electron chi connectivity index (χ2n) is 6.69. The standard InChI is InChI=1S/C18H17BN8O4S/c20-16(28)15-17(22-8-10-3-1-4-11(7-10)19(29)30)24-18(26-25-15)27-13-5-2-6-14(32(21)31)12(13)9-23-27/h1-7,9,29-30H,8,21H2,(H2,20,28)(H,22,24,26). The Balaban J connectivity index is 1.71. The molecular formula is C18H17BN8O4S. The number of aromatic nitrogens is 5. The number of hydrogen-bond acceptors (Lipinski definition) is 9. The van der Waals surface area contributed by atoms with Gasteiger partial charge < -0.3 is 21.1 Å². The number of fused-ring (bicyclic) bond motifs is 1. The number of carbonyl (C=O) groups excluding carboxylic acids is 1. The summed E-state index contributed by atoms with van der Waals surface area (Å²) < 4.78 is 13.2. The van der Waals surface area contributed by atoms with Crippen LogP contribution < -0.4 is 21.7 Å². The van der Waals surface area contributed by atoms with E-state index in [1.807, 2.05) is 0 Å². The molecule has 2 aromatic carbocycles. The highest BCUT2D eigenvalue weighted by molar-refractivity contribution is 7.83. The highest BCUT2D eigenvalue weighted by Gasteiger charge is 2.18. The quantitative estimate of drug-likeness (QED) is 0.209. The first kappa shape index (κ1) is 21.5. The molecule has 1 amide bonds. The van der Waals surface area contributed by atoms with Crippen molar-refractivity contribution < 1.29 is 19.1 Å². The van der Waals surface area contributed by atoms with E-state index in [1.165, 1.54) is 10.9 Å². The summed E-state index contributed by atoms with van der Waals surface area (Å²) in [5.74, 6) is -0.712. The second-order valence-corrected chi connectivity index (χ2v) is 7.72. The van der Waals surface area contributed by atoms with E-state index in [4.69, 9.17) is 10.9 Å². The molecule has 1 unspecified atom stereocenters. The lowest BCUT2D eigenvalue weighted by molar-refractivity contribution is 0.0995. The zero-order valence-corrected chi connectivity index (χ0v) is 17.2. The van der Waals surface area contributed by atoms with Crippen molar-refractivity contribution in [1.82, 2.24) is 25.0 Å². The Hall–Kier alpha value is -3.72. The molecule has 14 heteroatoms. The molecule has 0 saturated heterocycles. The molecular weight excluding hydrogens is 435 g/mol. The maximum Gasteiger partial charge on any atom is 0.488 e. The van der Waals surface area contributed by atoms with E-state index >= 15 is 0 Å². The Bertz CT molecular complexity index is 1350. The molecule has 2 heterocycles. The van der Waals surface area contributed by atoms with Gasteiger partial charge in [0.15, 0.2) is 11.5 Å². The van der Waals surface area contributed by atoms with Crippen molar-refractivity contribution in [3.05, 3.63) is 59.9 Å². The topological polar surface area (TPSA) is 195 Å². The first-order valence-electron chi connectivity index (χ1n) is 9.22. The molecule has 0 aliphatic carbocycles. The van der Waals surface area contributed by atoms with Crippen LogP contribution in [0.25, 0.3) is 16.9 Å². The number of nitrogens with two attached hydrogens (primary N) is 2. The van der Waals surface area contributed by atoms with Crippen LogP contribution >= 0.6 is 0 Å². The summed E-state index contributed by atoms with van der Waals surface area (Å²) in [5.41, 5.74) is 6.79. The minimum Gasteiger partial charge on any atom is -0.423 e. The molecule has 0 radical (unpaired) electrons. The van der Waals surface area contributed by atoms with E-state index < -0.39 is 24.0 Å². The van der Waals surface area contributed by atoms with Gasteiger partial charge in [0.1, 0.15) is 11.0 Å². The number of benzene rings is 2. The monoisotopic (exact) mass is 452 g/mol. The molecule has 1 atom stereocenters. The minimum absolute atomic E-state index is 0.0481. The summed E-state index contributed by atoms with van der Waals surface area (Å²) in [4.78, 5) is 16.6. The lowest BCUT2D eigenvalue weighted by Crippen LogP contribution is -2.30. The van der Waals surface area contributed by atoms with Crippen LogP contribution in [-0.2, 0) is 17.5 Å². The van der Waals surface area contributed by atoms with Gasteiger partial charge in [-0.25, -0.2) is 9.35 Å². The Morgan fingerprint density at radius 3 is 2.69 bits per heavy atom. The number of carbonyl (C=O) groups is 1. The van der Waals surface area contributed by atoms with Gasteiger partial charge >= 0.3 is 7.12 Å². The first-order chi connectivity index (χ1) is 15.3. The molecule has 0 aliphatic rings. The van der Waals surface area contributed by atoms with Crippen molar-refractivity contribution >= 4 is 46.2 Å². The first-order valence-corrected chi connectivity index (χ1v) is 10.4. The van der Waals surface area contributed by atoms with Gasteiger partial charge in [-0.15, -0.1) is 10.2 Å². The molecule has 32 heavy (non-hydrogen) atoms. The highest BCUT2D eigenvalue weighted by Crippen LogP contribution is 2.22. The van der Waals surface area contributed by atoms with E-state index in [0.717, 1.165) is 0 Å². The largest absolute Gasteiger partial charge is 0.488 e. The molecule has 0 bridgehead atoms. The Morgan fingerprint density at radius 2 is 1.97 bits per heavy atom. The average molecular weight is 452 g/mol. The smallest absolute Gasteiger partial charge is 0.423 e. The van der Waals surface area contributed by atoms with Crippen molar-refractivity contribution in [2.24, 2.45) is 10.9 Å². The molecule has 0 spiro atoms. The maximum atomic E-state index is 11.8. The summed E-state index contributed by atoms with van der Waals surface area (Å²) in [6.45, 7) is 0.190. The zero-order valence-electron chi connectivity index (χ0n) is 16.4. The average Bonchev–Trinajstić information content (AvgIpc) is 3.21. The van der Waals surface area contributed by atoms with E-state index in [-0.39, 0.29) is 24.0 Å². The van der Waals surface area contributed by atoms with E-state index in [1.54, 1.807) is 42.5 Å². The molecule has 12 nitrogen and oxygen atoms in total. The molecule has 4 aromatic rings. The van der Waals surface area contributed by atoms with Crippen LogP contribution in [0.1, 0.15) is 16.1 Å². The van der Waals surface area contributed by atoms with Gasteiger partial charge in [-0.2, -0.15) is 14.8 Å². The number of amides is 1. The SMILES string of the molecule is NC(=O)c1nnc(-n2ncc3c(S(N)=O)cccc32)nc1NCc1cccc(B(O)O)c1. The molecule has 0 aliphatic heterocycles. The Kier molecular flexibility index (Phi) is 5.92. The lowest BCUT2D eigenvalue weighted by Gasteiger charge is -2.11. The van der Waals surface area contributed by atoms with Crippen LogP contribution in [0, 0.1) is 0 Å². The normalized spacial score (nSPS) is 12.0. The van der Waals surface area contributed by atoms with Crippen LogP contribution in [0.5, 0.6) is 0 Å². The predicted octanol–water partition coefficient (Wildman–Crippen LogP) is -1.42.